The van der Waals surface area contributed by atoms with Gasteiger partial charge in [-0.15, -0.1) is 0 Å². The molecule has 3 aliphatic rings. The fourth-order valence-electron chi connectivity index (χ4n) is 5.61. The van der Waals surface area contributed by atoms with Gasteiger partial charge >= 0.3 is 0 Å². The molecule has 2 atom stereocenters. The van der Waals surface area contributed by atoms with E-state index >= 15 is 0 Å². The number of carbonyl (C=O) groups excluding carboxylic acids is 2. The monoisotopic (exact) mass is 522 g/mol. The van der Waals surface area contributed by atoms with Crippen LogP contribution in [0.3, 0.4) is 0 Å². The predicted molar refractivity (Wildman–Crippen MR) is 145 cm³/mol. The first-order chi connectivity index (χ1) is 17.5. The van der Waals surface area contributed by atoms with Crippen molar-refractivity contribution in [1.29, 1.82) is 0 Å². The lowest BCUT2D eigenvalue weighted by molar-refractivity contribution is -0.115. The number of benzene rings is 2. The second kappa shape index (κ2) is 9.72. The van der Waals surface area contributed by atoms with E-state index in [9.17, 15) is 14.7 Å². The molecule has 0 aromatic heterocycles. The minimum atomic E-state index is -0.366. The molecule has 0 aliphatic carbocycles. The molecule has 3 aliphatic heterocycles. The molecule has 2 aromatic rings. The zero-order valence-corrected chi connectivity index (χ0v) is 22.8. The number of phenols is 1. The lowest BCUT2D eigenvalue weighted by atomic mass is 9.82. The Kier molecular flexibility index (Phi) is 6.75. The summed E-state index contributed by atoms with van der Waals surface area (Å²) in [6, 6.07) is 7.61. The molecule has 5 rings (SSSR count). The van der Waals surface area contributed by atoms with Gasteiger partial charge in [-0.1, -0.05) is 12.1 Å². The van der Waals surface area contributed by atoms with Crippen LogP contribution in [0.5, 0.6) is 17.2 Å². The molecule has 0 saturated carbocycles. The molecule has 2 N–H and O–H groups in total. The van der Waals surface area contributed by atoms with Crippen molar-refractivity contribution in [1.82, 2.24) is 10.2 Å². The van der Waals surface area contributed by atoms with Crippen molar-refractivity contribution >= 4 is 29.0 Å². The zero-order chi connectivity index (χ0) is 26.5. The van der Waals surface area contributed by atoms with Gasteiger partial charge < -0.3 is 14.6 Å². The van der Waals surface area contributed by atoms with Crippen molar-refractivity contribution in [2.75, 3.05) is 19.6 Å². The van der Waals surface area contributed by atoms with E-state index in [1.54, 1.807) is 6.08 Å². The van der Waals surface area contributed by atoms with Crippen LogP contribution in [0.1, 0.15) is 60.4 Å². The Balaban J connectivity index is 1.26. The number of ether oxygens (including phenoxy) is 2. The van der Waals surface area contributed by atoms with Crippen LogP contribution in [-0.2, 0) is 4.79 Å². The maximum atomic E-state index is 11.8. The first kappa shape index (κ1) is 25.7. The van der Waals surface area contributed by atoms with Gasteiger partial charge in [0, 0.05) is 24.6 Å². The third-order valence-electron chi connectivity index (χ3n) is 7.84. The van der Waals surface area contributed by atoms with Gasteiger partial charge in [0.05, 0.1) is 4.91 Å². The summed E-state index contributed by atoms with van der Waals surface area (Å²) in [6.07, 6.45) is 3.82. The van der Waals surface area contributed by atoms with Gasteiger partial charge in [-0.2, -0.15) is 0 Å². The molecule has 0 spiro atoms. The van der Waals surface area contributed by atoms with Crippen LogP contribution >= 0.6 is 11.8 Å². The van der Waals surface area contributed by atoms with Crippen molar-refractivity contribution in [2.24, 2.45) is 0 Å². The van der Waals surface area contributed by atoms with Gasteiger partial charge in [0.1, 0.15) is 29.0 Å². The average Bonchev–Trinajstić information content (AvgIpc) is 3.31. The molecule has 2 fully saturated rings. The number of piperidine rings is 1. The number of aromatic hydroxyl groups is 1. The number of nitrogens with one attached hydrogen (secondary N) is 1. The summed E-state index contributed by atoms with van der Waals surface area (Å²) in [5.41, 5.74) is 4.44. The summed E-state index contributed by atoms with van der Waals surface area (Å²) in [4.78, 5) is 26.0. The molecule has 37 heavy (non-hydrogen) atoms. The molecule has 2 aromatic carbocycles. The smallest absolute Gasteiger partial charge is 0.290 e. The topological polar surface area (TPSA) is 88.1 Å². The van der Waals surface area contributed by atoms with E-state index in [1.165, 1.54) is 0 Å². The molecule has 2 saturated heterocycles. The third kappa shape index (κ3) is 4.97. The number of likely N-dealkylation sites (tertiary alicyclic amines) is 1. The molecule has 1 unspecified atom stereocenters. The van der Waals surface area contributed by atoms with Crippen LogP contribution in [0.25, 0.3) is 6.08 Å². The van der Waals surface area contributed by atoms with Crippen molar-refractivity contribution in [3.8, 4) is 17.2 Å². The van der Waals surface area contributed by atoms with Crippen molar-refractivity contribution in [2.45, 2.75) is 65.1 Å². The van der Waals surface area contributed by atoms with Crippen LogP contribution in [0.4, 0.5) is 4.79 Å². The average molecular weight is 523 g/mol. The first-order valence-electron chi connectivity index (χ1n) is 12.8. The minimum absolute atomic E-state index is 0.0749. The van der Waals surface area contributed by atoms with E-state index in [0.717, 1.165) is 83.6 Å². The van der Waals surface area contributed by atoms with Crippen LogP contribution in [0.15, 0.2) is 29.2 Å². The summed E-state index contributed by atoms with van der Waals surface area (Å²) >= 11 is 0.915. The van der Waals surface area contributed by atoms with Gasteiger partial charge in [0.15, 0.2) is 0 Å². The first-order valence-corrected chi connectivity index (χ1v) is 13.6. The Hall–Kier alpha value is -2.97. The highest BCUT2D eigenvalue weighted by atomic mass is 32.2. The fourth-order valence-corrected chi connectivity index (χ4v) is 6.30. The van der Waals surface area contributed by atoms with Crippen LogP contribution < -0.4 is 14.8 Å². The fraction of sp³-hybridized carbons (Fsp3) is 0.448. The number of nitrogens with zero attached hydrogens (tertiary/aromatic N) is 1. The Bertz CT molecular complexity index is 1280. The molecular formula is C29H34N2O5S. The summed E-state index contributed by atoms with van der Waals surface area (Å²) in [6.45, 7) is 12.9. The number of amides is 2. The summed E-state index contributed by atoms with van der Waals surface area (Å²) in [5.74, 6) is 1.89. The number of imide groups is 1. The van der Waals surface area contributed by atoms with E-state index < -0.39 is 0 Å². The van der Waals surface area contributed by atoms with E-state index in [4.69, 9.17) is 9.47 Å². The number of rotatable bonds is 5. The van der Waals surface area contributed by atoms with Gasteiger partial charge in [-0.3, -0.25) is 19.8 Å². The van der Waals surface area contributed by atoms with E-state index in [2.05, 4.69) is 24.1 Å². The Morgan fingerprint density at radius 2 is 1.89 bits per heavy atom. The van der Waals surface area contributed by atoms with Crippen LogP contribution in [0, 0.1) is 20.8 Å². The highest BCUT2D eigenvalue weighted by Gasteiger charge is 2.45. The molecule has 0 radical (unpaired) electrons. The maximum Gasteiger partial charge on any atom is 0.290 e. The highest BCUT2D eigenvalue weighted by molar-refractivity contribution is 8.18. The maximum absolute atomic E-state index is 11.8. The summed E-state index contributed by atoms with van der Waals surface area (Å²) in [5, 5.41) is 12.7. The highest BCUT2D eigenvalue weighted by Crippen LogP contribution is 2.51. The van der Waals surface area contributed by atoms with Crippen molar-refractivity contribution in [3.63, 3.8) is 0 Å². The normalized spacial score (nSPS) is 24.2. The zero-order valence-electron chi connectivity index (χ0n) is 22.0. The molecular weight excluding hydrogens is 488 g/mol. The van der Waals surface area contributed by atoms with Gasteiger partial charge in [-0.05, 0) is 106 Å². The number of phenolic OH excluding ortho intramolecular Hbond substituents is 1. The minimum Gasteiger partial charge on any atom is -0.507 e. The van der Waals surface area contributed by atoms with Gasteiger partial charge in [-0.25, -0.2) is 0 Å². The Morgan fingerprint density at radius 3 is 2.57 bits per heavy atom. The van der Waals surface area contributed by atoms with Gasteiger partial charge in [0.25, 0.3) is 11.1 Å². The Labute approximate surface area is 222 Å². The predicted octanol–water partition coefficient (Wildman–Crippen LogP) is 5.44. The van der Waals surface area contributed by atoms with E-state index in [-0.39, 0.29) is 28.8 Å². The Morgan fingerprint density at radius 1 is 1.16 bits per heavy atom. The van der Waals surface area contributed by atoms with E-state index in [1.807, 2.05) is 45.0 Å². The van der Waals surface area contributed by atoms with E-state index in [0.29, 0.717) is 10.7 Å². The molecule has 8 heteroatoms. The van der Waals surface area contributed by atoms with Crippen LogP contribution in [0.2, 0.25) is 0 Å². The molecule has 2 amide bonds. The third-order valence-corrected chi connectivity index (χ3v) is 8.65. The summed E-state index contributed by atoms with van der Waals surface area (Å²) < 4.78 is 12.8. The lowest BCUT2D eigenvalue weighted by Crippen LogP contribution is -2.46. The van der Waals surface area contributed by atoms with Gasteiger partial charge in [0.2, 0.25) is 0 Å². The number of carbonyl (C=O) groups is 2. The number of hydrogen-bond donors (Lipinski definition) is 2. The quantitative estimate of drug-likeness (QED) is 0.506. The number of fused-ring (bicyclic) bond motifs is 1. The van der Waals surface area contributed by atoms with Crippen molar-refractivity contribution in [3.05, 3.63) is 57.0 Å². The lowest BCUT2D eigenvalue weighted by Gasteiger charge is -2.37. The van der Waals surface area contributed by atoms with Crippen LogP contribution in [-0.4, -0.2) is 52.5 Å². The number of hydrogen-bond acceptors (Lipinski definition) is 7. The molecule has 7 nitrogen and oxygen atoms in total. The SMILES string of the molecule is Cc1c(C)c2c(c(C)c1O)C(CN1CCC[C@@H](Oc3ccc(/C=C4/SC(=O)NC4=O)cc3)C1)C(C)(C)O2. The molecule has 0 bridgehead atoms. The second-order valence-corrected chi connectivity index (χ2v) is 11.8. The molecule has 196 valence electrons. The molecule has 3 heterocycles. The standard InChI is InChI=1S/C29H34N2O5S/c1-16-17(2)26-24(18(3)25(16)32)22(29(4,5)36-26)15-31-12-6-7-21(14-31)35-20-10-8-19(9-11-20)13-23-27(33)30-28(34)37-23/h8-11,13,21-22,32H,6-7,12,14-15H2,1-5H3,(H,30,33,34)/b23-13+/t21-,22?/m1/s1. The largest absolute Gasteiger partial charge is 0.507 e. The summed E-state index contributed by atoms with van der Waals surface area (Å²) in [7, 11) is 0. The number of thioether (sulfide) groups is 1. The van der Waals surface area contributed by atoms with Crippen molar-refractivity contribution < 1.29 is 24.2 Å². The second-order valence-electron chi connectivity index (χ2n) is 10.8.